The van der Waals surface area contributed by atoms with Crippen LogP contribution in [0.4, 0.5) is 5.69 Å². The zero-order valence-electron chi connectivity index (χ0n) is 15.6. The zero-order chi connectivity index (χ0) is 19.5. The lowest BCUT2D eigenvalue weighted by Crippen LogP contribution is -2.37. The molecule has 1 saturated heterocycles. The van der Waals surface area contributed by atoms with E-state index in [-0.39, 0.29) is 11.9 Å². The van der Waals surface area contributed by atoms with Gasteiger partial charge in [-0.05, 0) is 61.0 Å². The second kappa shape index (κ2) is 8.53. The van der Waals surface area contributed by atoms with Crippen LogP contribution < -0.4 is 4.74 Å². The Morgan fingerprint density at radius 3 is 2.64 bits per heavy atom. The minimum Gasteiger partial charge on any atom is -0.496 e. The molecule has 0 radical (unpaired) electrons. The Labute approximate surface area is 177 Å². The normalized spacial score (nSPS) is 20.5. The van der Waals surface area contributed by atoms with Gasteiger partial charge in [-0.3, -0.25) is 9.69 Å². The number of amides is 1. The lowest BCUT2D eigenvalue weighted by Gasteiger charge is -2.22. The van der Waals surface area contributed by atoms with E-state index in [2.05, 4.69) is 15.9 Å². The highest BCUT2D eigenvalue weighted by Gasteiger charge is 2.39. The fraction of sp³-hybridized carbons (Fsp3) is 0.273. The quantitative estimate of drug-likeness (QED) is 0.529. The van der Waals surface area contributed by atoms with Crippen LogP contribution in [0.1, 0.15) is 31.2 Å². The van der Waals surface area contributed by atoms with Gasteiger partial charge in [-0.15, -0.1) is 0 Å². The number of para-hydroxylation sites is 1. The molecule has 2 aromatic carbocycles. The van der Waals surface area contributed by atoms with Crippen LogP contribution in [0, 0.1) is 0 Å². The molecule has 0 aromatic heterocycles. The Balaban J connectivity index is 1.73. The fourth-order valence-electron chi connectivity index (χ4n) is 3.62. The second-order valence-electron chi connectivity index (χ2n) is 6.84. The summed E-state index contributed by atoms with van der Waals surface area (Å²) in [4.78, 5) is 20.7. The van der Waals surface area contributed by atoms with Gasteiger partial charge in [-0.25, -0.2) is 4.99 Å². The summed E-state index contributed by atoms with van der Waals surface area (Å²) in [5.74, 6) is 0.776. The molecule has 6 heteroatoms. The number of methoxy groups -OCH3 is 1. The highest BCUT2D eigenvalue weighted by molar-refractivity contribution is 9.10. The number of ether oxygens (including phenoxy) is 1. The van der Waals surface area contributed by atoms with Gasteiger partial charge in [-0.1, -0.05) is 47.0 Å². The number of rotatable bonds is 4. The molecule has 2 aromatic rings. The standard InChI is InChI=1S/C22H21BrN2O2S/c1-27-19-12-11-16(23)13-15(19)14-20-21(26)25(18-9-5-6-10-18)22(28-20)24-17-7-3-2-4-8-17/h2-4,7-8,11-14,18H,5-6,9-10H2,1H3. The number of thioether (sulfide) groups is 1. The van der Waals surface area contributed by atoms with Crippen molar-refractivity contribution in [2.45, 2.75) is 31.7 Å². The Hall–Kier alpha value is -2.05. The van der Waals surface area contributed by atoms with E-state index in [4.69, 9.17) is 9.73 Å². The van der Waals surface area contributed by atoms with Crippen molar-refractivity contribution in [2.24, 2.45) is 4.99 Å². The van der Waals surface area contributed by atoms with Crippen molar-refractivity contribution in [3.8, 4) is 5.75 Å². The van der Waals surface area contributed by atoms with Crippen molar-refractivity contribution in [3.63, 3.8) is 0 Å². The number of halogens is 1. The minimum absolute atomic E-state index is 0.0357. The molecule has 0 atom stereocenters. The highest BCUT2D eigenvalue weighted by atomic mass is 79.9. The maximum Gasteiger partial charge on any atom is 0.267 e. The van der Waals surface area contributed by atoms with E-state index < -0.39 is 0 Å². The third-order valence-electron chi connectivity index (χ3n) is 4.99. The largest absolute Gasteiger partial charge is 0.496 e. The number of hydrogen-bond acceptors (Lipinski definition) is 4. The number of benzene rings is 2. The van der Waals surface area contributed by atoms with Gasteiger partial charge in [0.05, 0.1) is 17.7 Å². The van der Waals surface area contributed by atoms with E-state index in [1.165, 1.54) is 11.8 Å². The molecule has 0 unspecified atom stereocenters. The minimum atomic E-state index is 0.0357. The summed E-state index contributed by atoms with van der Waals surface area (Å²) in [5, 5.41) is 0.767. The SMILES string of the molecule is COc1ccc(Br)cc1C=C1SC(=Nc2ccccc2)N(C2CCCC2)C1=O. The van der Waals surface area contributed by atoms with Crippen molar-refractivity contribution in [2.75, 3.05) is 7.11 Å². The van der Waals surface area contributed by atoms with Gasteiger partial charge >= 0.3 is 0 Å². The maximum atomic E-state index is 13.3. The molecular formula is C22H21BrN2O2S. The summed E-state index contributed by atoms with van der Waals surface area (Å²) < 4.78 is 6.41. The Morgan fingerprint density at radius 2 is 1.93 bits per heavy atom. The van der Waals surface area contributed by atoms with E-state index in [0.717, 1.165) is 52.3 Å². The van der Waals surface area contributed by atoms with Crippen LogP contribution in [0.3, 0.4) is 0 Å². The number of hydrogen-bond donors (Lipinski definition) is 0. The molecule has 1 heterocycles. The Bertz CT molecular complexity index is 937. The first-order valence-corrected chi connectivity index (χ1v) is 11.0. The van der Waals surface area contributed by atoms with E-state index in [1.807, 2.05) is 59.5 Å². The fourth-order valence-corrected chi connectivity index (χ4v) is 5.05. The van der Waals surface area contributed by atoms with Crippen LogP contribution >= 0.6 is 27.7 Å². The van der Waals surface area contributed by atoms with Gasteiger partial charge in [-0.2, -0.15) is 0 Å². The third-order valence-corrected chi connectivity index (χ3v) is 6.46. The number of carbonyl (C=O) groups is 1. The predicted molar refractivity (Wildman–Crippen MR) is 119 cm³/mol. The average Bonchev–Trinajstić information content (AvgIpc) is 3.31. The lowest BCUT2D eigenvalue weighted by atomic mass is 10.1. The smallest absolute Gasteiger partial charge is 0.267 e. The van der Waals surface area contributed by atoms with E-state index >= 15 is 0 Å². The molecule has 0 spiro atoms. The van der Waals surface area contributed by atoms with Gasteiger partial charge in [0.2, 0.25) is 0 Å². The number of carbonyl (C=O) groups excluding carboxylic acids is 1. The average molecular weight is 457 g/mol. The molecule has 1 amide bonds. The lowest BCUT2D eigenvalue weighted by molar-refractivity contribution is -0.123. The van der Waals surface area contributed by atoms with E-state index in [9.17, 15) is 4.79 Å². The van der Waals surface area contributed by atoms with Crippen LogP contribution in [-0.2, 0) is 4.79 Å². The first-order valence-electron chi connectivity index (χ1n) is 9.36. The van der Waals surface area contributed by atoms with Crippen molar-refractivity contribution >= 4 is 50.5 Å². The molecule has 1 aliphatic carbocycles. The Kier molecular flexibility index (Phi) is 5.87. The molecular weight excluding hydrogens is 436 g/mol. The van der Waals surface area contributed by atoms with Crippen molar-refractivity contribution in [1.82, 2.24) is 4.90 Å². The molecule has 28 heavy (non-hydrogen) atoms. The molecule has 1 aliphatic heterocycles. The summed E-state index contributed by atoms with van der Waals surface area (Å²) in [6, 6.07) is 15.8. The van der Waals surface area contributed by atoms with Crippen molar-refractivity contribution in [1.29, 1.82) is 0 Å². The molecule has 0 N–H and O–H groups in total. The van der Waals surface area contributed by atoms with Gasteiger partial charge < -0.3 is 4.74 Å². The summed E-state index contributed by atoms with van der Waals surface area (Å²) in [5.41, 5.74) is 1.74. The molecule has 4 nitrogen and oxygen atoms in total. The van der Waals surface area contributed by atoms with Gasteiger partial charge in [0.15, 0.2) is 5.17 Å². The van der Waals surface area contributed by atoms with E-state index in [0.29, 0.717) is 4.91 Å². The van der Waals surface area contributed by atoms with Crippen LogP contribution in [0.15, 0.2) is 62.9 Å². The molecule has 4 rings (SSSR count). The van der Waals surface area contributed by atoms with Crippen LogP contribution in [-0.4, -0.2) is 29.1 Å². The Morgan fingerprint density at radius 1 is 1.18 bits per heavy atom. The van der Waals surface area contributed by atoms with Gasteiger partial charge in [0.1, 0.15) is 5.75 Å². The summed E-state index contributed by atoms with van der Waals surface area (Å²) >= 11 is 4.95. The molecule has 1 saturated carbocycles. The number of amidine groups is 1. The first-order chi connectivity index (χ1) is 13.7. The van der Waals surface area contributed by atoms with Crippen LogP contribution in [0.25, 0.3) is 6.08 Å². The highest BCUT2D eigenvalue weighted by Crippen LogP contribution is 2.40. The van der Waals surface area contributed by atoms with Crippen LogP contribution in [0.2, 0.25) is 0 Å². The molecule has 2 fully saturated rings. The summed E-state index contributed by atoms with van der Waals surface area (Å²) in [6.07, 6.45) is 6.31. The molecule has 2 aliphatic rings. The number of nitrogens with zero attached hydrogens (tertiary/aromatic N) is 2. The monoisotopic (exact) mass is 456 g/mol. The van der Waals surface area contributed by atoms with Crippen molar-refractivity contribution in [3.05, 3.63) is 63.5 Å². The molecule has 0 bridgehead atoms. The van der Waals surface area contributed by atoms with Crippen molar-refractivity contribution < 1.29 is 9.53 Å². The molecule has 144 valence electrons. The topological polar surface area (TPSA) is 41.9 Å². The van der Waals surface area contributed by atoms with Gasteiger partial charge in [0.25, 0.3) is 5.91 Å². The predicted octanol–water partition coefficient (Wildman–Crippen LogP) is 6.00. The zero-order valence-corrected chi connectivity index (χ0v) is 18.0. The third kappa shape index (κ3) is 4.03. The number of aliphatic imine (C=N–C) groups is 1. The first kappa shape index (κ1) is 19.3. The van der Waals surface area contributed by atoms with Crippen LogP contribution in [0.5, 0.6) is 5.75 Å². The maximum absolute atomic E-state index is 13.3. The summed E-state index contributed by atoms with van der Waals surface area (Å²) in [6.45, 7) is 0. The summed E-state index contributed by atoms with van der Waals surface area (Å²) in [7, 11) is 1.64. The van der Waals surface area contributed by atoms with E-state index in [1.54, 1.807) is 7.11 Å². The second-order valence-corrected chi connectivity index (χ2v) is 8.77. The van der Waals surface area contributed by atoms with Gasteiger partial charge in [0, 0.05) is 16.1 Å².